The van der Waals surface area contributed by atoms with Gasteiger partial charge >= 0.3 is 0 Å². The summed E-state index contributed by atoms with van der Waals surface area (Å²) in [7, 11) is -1.53. The molecular weight excluding hydrogens is 286 g/mol. The lowest BCUT2D eigenvalue weighted by Gasteiger charge is -2.22. The maximum absolute atomic E-state index is 12.3. The Kier molecular flexibility index (Phi) is 5.79. The second kappa shape index (κ2) is 7.38. The third-order valence-electron chi connectivity index (χ3n) is 4.10. The molecule has 1 heterocycles. The predicted octanol–water partition coefficient (Wildman–Crippen LogP) is 2.62. The SMILES string of the molecule is C[C@@H](CN(C)S(=O)(=O)CC[C@@H]1CCCO1)c1ccccc1. The molecule has 1 aliphatic heterocycles. The van der Waals surface area contributed by atoms with Crippen molar-refractivity contribution in [2.75, 3.05) is 26.0 Å². The number of sulfonamides is 1. The van der Waals surface area contributed by atoms with Gasteiger partial charge in [-0.3, -0.25) is 0 Å². The van der Waals surface area contributed by atoms with E-state index in [0.717, 1.165) is 19.4 Å². The average Bonchev–Trinajstić information content (AvgIpc) is 2.99. The van der Waals surface area contributed by atoms with Gasteiger partial charge in [-0.15, -0.1) is 0 Å². The highest BCUT2D eigenvalue weighted by Gasteiger charge is 2.24. The third-order valence-corrected chi connectivity index (χ3v) is 5.95. The number of benzene rings is 1. The van der Waals surface area contributed by atoms with E-state index < -0.39 is 10.0 Å². The molecule has 118 valence electrons. The first-order valence-corrected chi connectivity index (χ1v) is 9.20. The van der Waals surface area contributed by atoms with E-state index in [1.165, 1.54) is 9.87 Å². The van der Waals surface area contributed by atoms with Crippen molar-refractivity contribution >= 4 is 10.0 Å². The zero-order chi connectivity index (χ0) is 15.3. The molecule has 0 bridgehead atoms. The molecule has 0 unspecified atom stereocenters. The lowest BCUT2D eigenvalue weighted by Crippen LogP contribution is -2.33. The molecule has 0 radical (unpaired) electrons. The summed E-state index contributed by atoms with van der Waals surface area (Å²) < 4.78 is 31.6. The van der Waals surface area contributed by atoms with Gasteiger partial charge in [0, 0.05) is 20.2 Å². The number of likely N-dealkylation sites (N-methyl/N-ethyl adjacent to an activating group) is 1. The number of hydrogen-bond donors (Lipinski definition) is 0. The van der Waals surface area contributed by atoms with Crippen LogP contribution in [0.15, 0.2) is 30.3 Å². The molecular formula is C16H25NO3S. The minimum absolute atomic E-state index is 0.125. The van der Waals surface area contributed by atoms with Gasteiger partial charge < -0.3 is 4.74 Å². The molecule has 1 saturated heterocycles. The molecule has 1 aromatic carbocycles. The van der Waals surface area contributed by atoms with E-state index >= 15 is 0 Å². The van der Waals surface area contributed by atoms with E-state index in [0.29, 0.717) is 13.0 Å². The molecule has 1 fully saturated rings. The second-order valence-electron chi connectivity index (χ2n) is 5.83. The lowest BCUT2D eigenvalue weighted by molar-refractivity contribution is 0.108. The Hall–Kier alpha value is -0.910. The number of nitrogens with zero attached hydrogens (tertiary/aromatic N) is 1. The summed E-state index contributed by atoms with van der Waals surface area (Å²) >= 11 is 0. The molecule has 1 aromatic rings. The van der Waals surface area contributed by atoms with Crippen LogP contribution in [-0.4, -0.2) is 44.8 Å². The maximum atomic E-state index is 12.3. The Morgan fingerprint density at radius 3 is 2.67 bits per heavy atom. The van der Waals surface area contributed by atoms with Crippen molar-refractivity contribution < 1.29 is 13.2 Å². The first-order valence-electron chi connectivity index (χ1n) is 7.59. The molecule has 0 spiro atoms. The second-order valence-corrected chi connectivity index (χ2v) is 8.03. The first-order chi connectivity index (χ1) is 9.99. The average molecular weight is 311 g/mol. The Morgan fingerprint density at radius 2 is 2.05 bits per heavy atom. The van der Waals surface area contributed by atoms with E-state index in [4.69, 9.17) is 4.74 Å². The molecule has 21 heavy (non-hydrogen) atoms. The summed E-state index contributed by atoms with van der Waals surface area (Å²) in [6, 6.07) is 10.0. The summed E-state index contributed by atoms with van der Waals surface area (Å²) in [6.45, 7) is 3.34. The van der Waals surface area contributed by atoms with Gasteiger partial charge in [-0.25, -0.2) is 12.7 Å². The van der Waals surface area contributed by atoms with Crippen molar-refractivity contribution in [3.05, 3.63) is 35.9 Å². The first kappa shape index (κ1) is 16.5. The highest BCUT2D eigenvalue weighted by atomic mass is 32.2. The van der Waals surface area contributed by atoms with Crippen LogP contribution in [0.4, 0.5) is 0 Å². The van der Waals surface area contributed by atoms with Crippen LogP contribution in [0.25, 0.3) is 0 Å². The zero-order valence-corrected chi connectivity index (χ0v) is 13.7. The topological polar surface area (TPSA) is 46.6 Å². The van der Waals surface area contributed by atoms with Gasteiger partial charge in [0.25, 0.3) is 0 Å². The fourth-order valence-electron chi connectivity index (χ4n) is 2.69. The van der Waals surface area contributed by atoms with Crippen molar-refractivity contribution in [3.63, 3.8) is 0 Å². The normalized spacial score (nSPS) is 20.8. The van der Waals surface area contributed by atoms with Crippen LogP contribution in [0.5, 0.6) is 0 Å². The standard InChI is InChI=1S/C16H25NO3S/c1-14(15-7-4-3-5-8-15)13-17(2)21(18,19)12-10-16-9-6-11-20-16/h3-5,7-8,14,16H,6,9-13H2,1-2H3/t14-,16-/m0/s1. The van der Waals surface area contributed by atoms with E-state index in [1.54, 1.807) is 7.05 Å². The van der Waals surface area contributed by atoms with Crippen LogP contribution in [0.2, 0.25) is 0 Å². The molecule has 0 N–H and O–H groups in total. The molecule has 2 atom stereocenters. The van der Waals surface area contributed by atoms with Gasteiger partial charge in [0.15, 0.2) is 0 Å². The predicted molar refractivity (Wildman–Crippen MR) is 84.9 cm³/mol. The van der Waals surface area contributed by atoms with Crippen molar-refractivity contribution in [2.45, 2.75) is 38.2 Å². The van der Waals surface area contributed by atoms with Gasteiger partial charge in [0.05, 0.1) is 11.9 Å². The summed E-state index contributed by atoms with van der Waals surface area (Å²) in [5, 5.41) is 0. The van der Waals surface area contributed by atoms with Crippen molar-refractivity contribution in [2.24, 2.45) is 0 Å². The van der Waals surface area contributed by atoms with Gasteiger partial charge in [0.1, 0.15) is 0 Å². The Labute approximate surface area is 128 Å². The fraction of sp³-hybridized carbons (Fsp3) is 0.625. The van der Waals surface area contributed by atoms with Crippen LogP contribution < -0.4 is 0 Å². The Balaban J connectivity index is 1.87. The van der Waals surface area contributed by atoms with Crippen molar-refractivity contribution in [3.8, 4) is 0 Å². The van der Waals surface area contributed by atoms with Crippen LogP contribution in [0.3, 0.4) is 0 Å². The smallest absolute Gasteiger partial charge is 0.213 e. The quantitative estimate of drug-likeness (QED) is 0.777. The number of rotatable bonds is 7. The highest BCUT2D eigenvalue weighted by Crippen LogP contribution is 2.19. The van der Waals surface area contributed by atoms with E-state index in [1.807, 2.05) is 30.3 Å². The number of ether oxygens (including phenoxy) is 1. The van der Waals surface area contributed by atoms with Gasteiger partial charge in [-0.05, 0) is 30.7 Å². The lowest BCUT2D eigenvalue weighted by atomic mass is 10.0. The van der Waals surface area contributed by atoms with E-state index in [9.17, 15) is 8.42 Å². The highest BCUT2D eigenvalue weighted by molar-refractivity contribution is 7.89. The van der Waals surface area contributed by atoms with Gasteiger partial charge in [-0.2, -0.15) is 0 Å². The van der Waals surface area contributed by atoms with Crippen molar-refractivity contribution in [1.29, 1.82) is 0 Å². The molecule has 0 aromatic heterocycles. The molecule has 1 aliphatic rings. The van der Waals surface area contributed by atoms with Crippen LogP contribution >= 0.6 is 0 Å². The Bertz CT molecular complexity index is 524. The monoisotopic (exact) mass is 311 g/mol. The summed E-state index contributed by atoms with van der Waals surface area (Å²) in [5.74, 6) is 0.365. The van der Waals surface area contributed by atoms with Crippen LogP contribution in [0.1, 0.15) is 37.7 Å². The van der Waals surface area contributed by atoms with E-state index in [2.05, 4.69) is 6.92 Å². The molecule has 5 heteroatoms. The molecule has 0 amide bonds. The van der Waals surface area contributed by atoms with E-state index in [-0.39, 0.29) is 17.8 Å². The van der Waals surface area contributed by atoms with Crippen molar-refractivity contribution in [1.82, 2.24) is 4.31 Å². The van der Waals surface area contributed by atoms with Gasteiger partial charge in [-0.1, -0.05) is 37.3 Å². The van der Waals surface area contributed by atoms with Gasteiger partial charge in [0.2, 0.25) is 10.0 Å². The molecule has 4 nitrogen and oxygen atoms in total. The van der Waals surface area contributed by atoms with Crippen LogP contribution in [-0.2, 0) is 14.8 Å². The third kappa shape index (κ3) is 4.80. The fourth-order valence-corrected chi connectivity index (χ4v) is 4.02. The largest absolute Gasteiger partial charge is 0.378 e. The zero-order valence-electron chi connectivity index (χ0n) is 12.9. The summed E-state index contributed by atoms with van der Waals surface area (Å²) in [4.78, 5) is 0. The number of hydrogen-bond acceptors (Lipinski definition) is 3. The Morgan fingerprint density at radius 1 is 1.33 bits per heavy atom. The molecule has 2 rings (SSSR count). The maximum Gasteiger partial charge on any atom is 0.213 e. The molecule has 0 saturated carbocycles. The summed E-state index contributed by atoms with van der Waals surface area (Å²) in [5.41, 5.74) is 1.17. The minimum atomic E-state index is -3.20. The minimum Gasteiger partial charge on any atom is -0.378 e. The van der Waals surface area contributed by atoms with Crippen LogP contribution in [0, 0.1) is 0 Å². The molecule has 0 aliphatic carbocycles. The summed E-state index contributed by atoms with van der Waals surface area (Å²) in [6.07, 6.45) is 2.76.